The molecule has 0 aliphatic carbocycles. The van der Waals surface area contributed by atoms with E-state index < -0.39 is 0 Å². The molecule has 2 amide bonds. The second kappa shape index (κ2) is 6.55. The third-order valence-corrected chi connectivity index (χ3v) is 6.05. The van der Waals surface area contributed by atoms with Crippen LogP contribution >= 0.6 is 11.3 Å². The summed E-state index contributed by atoms with van der Waals surface area (Å²) in [5.74, 6) is 0.0551. The second-order valence-electron chi connectivity index (χ2n) is 6.87. The molecule has 0 saturated carbocycles. The summed E-state index contributed by atoms with van der Waals surface area (Å²) in [6, 6.07) is 3.79. The van der Waals surface area contributed by atoms with Crippen molar-refractivity contribution in [3.8, 4) is 0 Å². The quantitative estimate of drug-likeness (QED) is 0.828. The van der Waals surface area contributed by atoms with E-state index in [1.54, 1.807) is 12.4 Å². The van der Waals surface area contributed by atoms with E-state index >= 15 is 0 Å². The number of piperidine rings is 1. The van der Waals surface area contributed by atoms with Crippen LogP contribution in [0.15, 0.2) is 36.1 Å². The van der Waals surface area contributed by atoms with E-state index in [1.807, 2.05) is 27.3 Å². The lowest BCUT2D eigenvalue weighted by Crippen LogP contribution is -2.47. The van der Waals surface area contributed by atoms with Crippen LogP contribution in [0.3, 0.4) is 0 Å². The number of likely N-dealkylation sites (tertiary alicyclic amines) is 2. The molecule has 6 nitrogen and oxygen atoms in total. The highest BCUT2D eigenvalue weighted by molar-refractivity contribution is 7.12. The fraction of sp³-hybridized carbons (Fsp3) is 0.444. The number of nitrogens with zero attached hydrogens (tertiary/aromatic N) is 4. The predicted molar refractivity (Wildman–Crippen MR) is 94.4 cm³/mol. The summed E-state index contributed by atoms with van der Waals surface area (Å²) >= 11 is 1.48. The highest BCUT2D eigenvalue weighted by Gasteiger charge is 2.44. The Balaban J connectivity index is 1.46. The van der Waals surface area contributed by atoms with Crippen molar-refractivity contribution in [2.45, 2.75) is 19.3 Å². The molecule has 0 aromatic carbocycles. The van der Waals surface area contributed by atoms with Crippen LogP contribution < -0.4 is 0 Å². The van der Waals surface area contributed by atoms with Gasteiger partial charge in [-0.15, -0.1) is 11.3 Å². The molecule has 2 saturated heterocycles. The highest BCUT2D eigenvalue weighted by Crippen LogP contribution is 2.39. The molecule has 2 aliphatic rings. The minimum absolute atomic E-state index is 0.0169. The van der Waals surface area contributed by atoms with Crippen LogP contribution in [0.5, 0.6) is 0 Å². The molecular formula is C18H20N4O2S. The minimum atomic E-state index is -0.0600. The first kappa shape index (κ1) is 16.2. The van der Waals surface area contributed by atoms with Gasteiger partial charge in [0.15, 0.2) is 0 Å². The van der Waals surface area contributed by atoms with Gasteiger partial charge < -0.3 is 9.80 Å². The molecule has 25 heavy (non-hydrogen) atoms. The Morgan fingerprint density at radius 2 is 1.92 bits per heavy atom. The molecule has 2 aromatic heterocycles. The summed E-state index contributed by atoms with van der Waals surface area (Å²) in [5.41, 5.74) is 0.410. The first-order valence-corrected chi connectivity index (χ1v) is 9.43. The van der Waals surface area contributed by atoms with Gasteiger partial charge in [0, 0.05) is 44.0 Å². The zero-order valence-corrected chi connectivity index (χ0v) is 14.7. The predicted octanol–water partition coefficient (Wildman–Crippen LogP) is 2.31. The largest absolute Gasteiger partial charge is 0.337 e. The van der Waals surface area contributed by atoms with E-state index in [2.05, 4.69) is 9.97 Å². The molecule has 1 atom stereocenters. The third-order valence-electron chi connectivity index (χ3n) is 5.19. The van der Waals surface area contributed by atoms with Crippen LogP contribution in [-0.4, -0.2) is 57.8 Å². The first-order valence-electron chi connectivity index (χ1n) is 8.55. The lowest BCUT2D eigenvalue weighted by atomic mass is 9.79. The molecule has 1 spiro atoms. The third kappa shape index (κ3) is 3.16. The van der Waals surface area contributed by atoms with E-state index in [0.717, 1.165) is 43.8 Å². The molecule has 0 bridgehead atoms. The zero-order valence-electron chi connectivity index (χ0n) is 13.9. The monoisotopic (exact) mass is 356 g/mol. The van der Waals surface area contributed by atoms with E-state index in [0.29, 0.717) is 12.2 Å². The zero-order chi connectivity index (χ0) is 17.3. The summed E-state index contributed by atoms with van der Waals surface area (Å²) in [7, 11) is 0. The van der Waals surface area contributed by atoms with Gasteiger partial charge in [0.05, 0.1) is 11.1 Å². The fourth-order valence-corrected chi connectivity index (χ4v) is 4.64. The second-order valence-corrected chi connectivity index (χ2v) is 7.82. The summed E-state index contributed by atoms with van der Waals surface area (Å²) < 4.78 is 0. The smallest absolute Gasteiger partial charge is 0.274 e. The van der Waals surface area contributed by atoms with Gasteiger partial charge in [-0.2, -0.15) is 0 Å². The van der Waals surface area contributed by atoms with Crippen molar-refractivity contribution >= 4 is 23.2 Å². The number of hydrogen-bond donors (Lipinski definition) is 0. The molecule has 2 aliphatic heterocycles. The summed E-state index contributed by atoms with van der Waals surface area (Å²) in [4.78, 5) is 38.0. The van der Waals surface area contributed by atoms with Crippen molar-refractivity contribution in [2.75, 3.05) is 26.2 Å². The molecule has 0 unspecified atom stereocenters. The van der Waals surface area contributed by atoms with Crippen LogP contribution in [0.1, 0.15) is 39.4 Å². The maximum Gasteiger partial charge on any atom is 0.274 e. The molecule has 0 N–H and O–H groups in total. The molecule has 7 heteroatoms. The normalized spacial score (nSPS) is 23.2. The number of amides is 2. The Kier molecular flexibility index (Phi) is 4.25. The topological polar surface area (TPSA) is 66.4 Å². The summed E-state index contributed by atoms with van der Waals surface area (Å²) in [5, 5.41) is 1.93. The molecule has 2 fully saturated rings. The van der Waals surface area contributed by atoms with Crippen molar-refractivity contribution in [1.29, 1.82) is 0 Å². The average molecular weight is 356 g/mol. The fourth-order valence-electron chi connectivity index (χ4n) is 3.95. The van der Waals surface area contributed by atoms with Gasteiger partial charge in [0.1, 0.15) is 5.69 Å². The lowest BCUT2D eigenvalue weighted by molar-refractivity contribution is 0.0511. The van der Waals surface area contributed by atoms with Crippen LogP contribution in [0, 0.1) is 5.41 Å². The van der Waals surface area contributed by atoms with Crippen molar-refractivity contribution in [2.24, 2.45) is 5.41 Å². The van der Waals surface area contributed by atoms with E-state index in [4.69, 9.17) is 0 Å². The summed E-state index contributed by atoms with van der Waals surface area (Å²) in [6.45, 7) is 2.94. The number of thiophene rings is 1. The van der Waals surface area contributed by atoms with E-state index in [-0.39, 0.29) is 17.2 Å². The number of hydrogen-bond acceptors (Lipinski definition) is 5. The van der Waals surface area contributed by atoms with Gasteiger partial charge in [-0.1, -0.05) is 6.07 Å². The lowest BCUT2D eigenvalue weighted by Gasteiger charge is -2.40. The Morgan fingerprint density at radius 1 is 1.08 bits per heavy atom. The first-order chi connectivity index (χ1) is 12.2. The van der Waals surface area contributed by atoms with Gasteiger partial charge >= 0.3 is 0 Å². The van der Waals surface area contributed by atoms with Crippen LogP contribution in [0.25, 0.3) is 0 Å². The Labute approximate surface area is 150 Å². The SMILES string of the molecule is O=C(c1cnccn1)N1CCC[C@]2(CCN(C(=O)c3cccs3)C2)C1. The maximum absolute atomic E-state index is 12.7. The Hall–Kier alpha value is -2.28. The maximum atomic E-state index is 12.7. The van der Waals surface area contributed by atoms with Gasteiger partial charge in [-0.05, 0) is 30.7 Å². The number of carbonyl (C=O) groups excluding carboxylic acids is 2. The molecule has 2 aromatic rings. The van der Waals surface area contributed by atoms with Crippen molar-refractivity contribution in [3.63, 3.8) is 0 Å². The molecule has 4 rings (SSSR count). The molecule has 130 valence electrons. The summed E-state index contributed by atoms with van der Waals surface area (Å²) in [6.07, 6.45) is 7.61. The van der Waals surface area contributed by atoms with Gasteiger partial charge in [-0.25, -0.2) is 4.98 Å². The Morgan fingerprint density at radius 3 is 2.64 bits per heavy atom. The van der Waals surface area contributed by atoms with Crippen molar-refractivity contribution in [1.82, 2.24) is 19.8 Å². The van der Waals surface area contributed by atoms with Crippen LogP contribution in [-0.2, 0) is 0 Å². The van der Waals surface area contributed by atoms with E-state index in [1.165, 1.54) is 17.5 Å². The van der Waals surface area contributed by atoms with Gasteiger partial charge in [0.2, 0.25) is 0 Å². The minimum Gasteiger partial charge on any atom is -0.337 e. The average Bonchev–Trinajstić information content (AvgIpc) is 3.32. The van der Waals surface area contributed by atoms with Crippen molar-refractivity contribution in [3.05, 3.63) is 46.7 Å². The van der Waals surface area contributed by atoms with Gasteiger partial charge in [0.25, 0.3) is 11.8 Å². The standard InChI is InChI=1S/C18H20N4O2S/c23-16(14-11-19-6-7-20-14)21-8-2-4-18(12-21)5-9-22(13-18)17(24)15-3-1-10-25-15/h1,3,6-7,10-11H,2,4-5,8-9,12-13H2/t18-/m0/s1. The number of rotatable bonds is 2. The van der Waals surface area contributed by atoms with Crippen molar-refractivity contribution < 1.29 is 9.59 Å². The number of carbonyl (C=O) groups is 2. The number of aromatic nitrogens is 2. The molecular weight excluding hydrogens is 336 g/mol. The molecule has 0 radical (unpaired) electrons. The Bertz CT molecular complexity index is 765. The molecule has 4 heterocycles. The van der Waals surface area contributed by atoms with Gasteiger partial charge in [-0.3, -0.25) is 14.6 Å². The van der Waals surface area contributed by atoms with Crippen LogP contribution in [0.4, 0.5) is 0 Å². The van der Waals surface area contributed by atoms with E-state index in [9.17, 15) is 9.59 Å². The van der Waals surface area contributed by atoms with Crippen LogP contribution in [0.2, 0.25) is 0 Å². The highest BCUT2D eigenvalue weighted by atomic mass is 32.1.